The number of fused-ring (bicyclic) bond motifs is 1. The fraction of sp³-hybridized carbons (Fsp3) is 0.235. The van der Waals surface area contributed by atoms with E-state index in [1.807, 2.05) is 0 Å². The third kappa shape index (κ3) is 2.83. The highest BCUT2D eigenvalue weighted by atomic mass is 32.2. The molecule has 1 N–H and O–H groups in total. The minimum atomic E-state index is -4.70. The van der Waals surface area contributed by atoms with Crippen molar-refractivity contribution in [2.24, 2.45) is 0 Å². The van der Waals surface area contributed by atoms with Crippen molar-refractivity contribution < 1.29 is 35.8 Å². The summed E-state index contributed by atoms with van der Waals surface area (Å²) in [5, 5.41) is 6.86. The summed E-state index contributed by atoms with van der Waals surface area (Å²) in [7, 11) is -4.70. The Bertz CT molecular complexity index is 1080. The SMILES string of the molecule is [C-]#[N+]c1cc(F)cc(Oc2ccc3c(c2C(F)F)[C@@H](O)C(C)(F)S3(=O)=O)c1. The molecule has 0 radical (unpaired) electrons. The first-order valence-corrected chi connectivity index (χ1v) is 8.91. The Labute approximate surface area is 151 Å². The maximum absolute atomic E-state index is 14.5. The van der Waals surface area contributed by atoms with Crippen LogP contribution in [0.15, 0.2) is 35.2 Å². The molecule has 3 rings (SSSR count). The normalized spacial score (nSPS) is 23.1. The van der Waals surface area contributed by atoms with Crippen LogP contribution in [0.1, 0.15) is 30.6 Å². The van der Waals surface area contributed by atoms with E-state index in [4.69, 9.17) is 11.3 Å². The molecule has 0 aromatic heterocycles. The molecule has 5 nitrogen and oxygen atoms in total. The van der Waals surface area contributed by atoms with E-state index in [1.165, 1.54) is 0 Å². The van der Waals surface area contributed by atoms with Crippen molar-refractivity contribution in [3.63, 3.8) is 0 Å². The van der Waals surface area contributed by atoms with Gasteiger partial charge < -0.3 is 9.84 Å². The molecule has 1 unspecified atom stereocenters. The molecule has 2 aromatic rings. The molecule has 0 aliphatic carbocycles. The fourth-order valence-corrected chi connectivity index (χ4v) is 4.45. The van der Waals surface area contributed by atoms with Crippen molar-refractivity contribution in [3.8, 4) is 11.5 Å². The fourth-order valence-electron chi connectivity index (χ4n) is 2.85. The quantitative estimate of drug-likeness (QED) is 0.602. The van der Waals surface area contributed by atoms with E-state index < -0.39 is 55.0 Å². The third-order valence-electron chi connectivity index (χ3n) is 4.22. The van der Waals surface area contributed by atoms with Crippen LogP contribution in [0, 0.1) is 12.4 Å². The highest BCUT2D eigenvalue weighted by Gasteiger charge is 2.57. The molecule has 1 aliphatic rings. The number of ether oxygens (including phenoxy) is 1. The first-order valence-electron chi connectivity index (χ1n) is 7.43. The molecular formula is C17H11F4NO4S. The van der Waals surface area contributed by atoms with Gasteiger partial charge in [-0.25, -0.2) is 30.8 Å². The standard InChI is InChI=1S/C17H11F4NO4S/c1-17(21)15(23)14-12(27(17,24)25)4-3-11(13(14)16(19)20)26-10-6-8(18)5-9(7-10)22-2/h3-7,15-16,23H,1H3/t15-,17?/m1/s1. The Balaban J connectivity index is 2.20. The number of aliphatic hydroxyl groups excluding tert-OH is 1. The topological polar surface area (TPSA) is 68.0 Å². The largest absolute Gasteiger partial charge is 0.458 e. The molecule has 0 fully saturated rings. The molecule has 0 spiro atoms. The summed E-state index contributed by atoms with van der Waals surface area (Å²) in [4.78, 5) is 2.25. The summed E-state index contributed by atoms with van der Waals surface area (Å²) >= 11 is 0. The van der Waals surface area contributed by atoms with Crippen LogP contribution in [0.2, 0.25) is 0 Å². The molecule has 142 valence electrons. The molecule has 2 atom stereocenters. The van der Waals surface area contributed by atoms with Gasteiger partial charge in [-0.15, -0.1) is 0 Å². The van der Waals surface area contributed by atoms with Crippen molar-refractivity contribution in [2.45, 2.75) is 29.3 Å². The average Bonchev–Trinajstić information content (AvgIpc) is 2.71. The highest BCUT2D eigenvalue weighted by molar-refractivity contribution is 7.93. The summed E-state index contributed by atoms with van der Waals surface area (Å²) in [6.45, 7) is 7.46. The molecule has 0 saturated carbocycles. The zero-order valence-corrected chi connectivity index (χ0v) is 14.4. The summed E-state index contributed by atoms with van der Waals surface area (Å²) in [5.74, 6) is -1.73. The molecule has 1 aliphatic heterocycles. The van der Waals surface area contributed by atoms with Crippen LogP contribution in [0.5, 0.6) is 11.5 Å². The van der Waals surface area contributed by atoms with Gasteiger partial charge in [0.25, 0.3) is 6.43 Å². The lowest BCUT2D eigenvalue weighted by atomic mass is 9.99. The van der Waals surface area contributed by atoms with Crippen molar-refractivity contribution in [1.82, 2.24) is 0 Å². The van der Waals surface area contributed by atoms with E-state index in [0.29, 0.717) is 6.92 Å². The van der Waals surface area contributed by atoms with Gasteiger partial charge in [-0.1, -0.05) is 0 Å². The van der Waals surface area contributed by atoms with Crippen molar-refractivity contribution in [3.05, 3.63) is 58.7 Å². The number of hydrogen-bond donors (Lipinski definition) is 1. The van der Waals surface area contributed by atoms with Gasteiger partial charge in [0.05, 0.1) is 17.0 Å². The zero-order valence-electron chi connectivity index (χ0n) is 13.6. The molecule has 0 bridgehead atoms. The maximum Gasteiger partial charge on any atom is 0.267 e. The van der Waals surface area contributed by atoms with Crippen LogP contribution in [-0.2, 0) is 9.84 Å². The number of nitrogens with zero attached hydrogens (tertiary/aromatic N) is 1. The van der Waals surface area contributed by atoms with Crippen LogP contribution >= 0.6 is 0 Å². The van der Waals surface area contributed by atoms with Crippen molar-refractivity contribution >= 4 is 15.5 Å². The van der Waals surface area contributed by atoms with E-state index in [0.717, 1.165) is 30.3 Å². The van der Waals surface area contributed by atoms with Crippen LogP contribution in [0.3, 0.4) is 0 Å². The summed E-state index contributed by atoms with van der Waals surface area (Å²) < 4.78 is 84.9. The second kappa shape index (κ2) is 6.21. The summed E-state index contributed by atoms with van der Waals surface area (Å²) in [6.07, 6.45) is -5.67. The van der Waals surface area contributed by atoms with Gasteiger partial charge in [0.1, 0.15) is 23.4 Å². The number of hydrogen-bond acceptors (Lipinski definition) is 4. The third-order valence-corrected chi connectivity index (χ3v) is 6.42. The lowest BCUT2D eigenvalue weighted by Gasteiger charge is -2.19. The first kappa shape index (κ1) is 19.1. The lowest BCUT2D eigenvalue weighted by molar-refractivity contribution is 0.0596. The summed E-state index contributed by atoms with van der Waals surface area (Å²) in [6, 6.07) is 4.54. The molecule has 27 heavy (non-hydrogen) atoms. The van der Waals surface area contributed by atoms with Gasteiger partial charge in [-0.3, -0.25) is 0 Å². The summed E-state index contributed by atoms with van der Waals surface area (Å²) in [5.41, 5.74) is -1.96. The molecule has 0 amide bonds. The highest BCUT2D eigenvalue weighted by Crippen LogP contribution is 2.53. The Hall–Kier alpha value is -2.64. The van der Waals surface area contributed by atoms with Gasteiger partial charge in [-0.2, -0.15) is 0 Å². The number of benzene rings is 2. The second-order valence-electron chi connectivity index (χ2n) is 5.94. The second-order valence-corrected chi connectivity index (χ2v) is 8.19. The van der Waals surface area contributed by atoms with Crippen LogP contribution < -0.4 is 4.74 Å². The van der Waals surface area contributed by atoms with Crippen LogP contribution in [-0.4, -0.2) is 18.5 Å². The Morgan fingerprint density at radius 1 is 1.30 bits per heavy atom. The van der Waals surface area contributed by atoms with E-state index >= 15 is 0 Å². The predicted molar refractivity (Wildman–Crippen MR) is 85.8 cm³/mol. The number of sulfone groups is 1. The Morgan fingerprint density at radius 2 is 1.96 bits per heavy atom. The minimum absolute atomic E-state index is 0.149. The smallest absolute Gasteiger partial charge is 0.267 e. The van der Waals surface area contributed by atoms with E-state index in [1.54, 1.807) is 0 Å². The molecule has 1 heterocycles. The van der Waals surface area contributed by atoms with Crippen molar-refractivity contribution in [2.75, 3.05) is 0 Å². The molecule has 0 saturated heterocycles. The molecule has 10 heteroatoms. The van der Waals surface area contributed by atoms with Crippen LogP contribution in [0.25, 0.3) is 4.85 Å². The van der Waals surface area contributed by atoms with Gasteiger partial charge in [-0.05, 0) is 31.2 Å². The zero-order chi connectivity index (χ0) is 20.1. The maximum atomic E-state index is 14.5. The first-order chi connectivity index (χ1) is 12.5. The molecular weight excluding hydrogens is 390 g/mol. The number of alkyl halides is 3. The van der Waals surface area contributed by atoms with Gasteiger partial charge in [0, 0.05) is 11.6 Å². The van der Waals surface area contributed by atoms with Gasteiger partial charge >= 0.3 is 0 Å². The predicted octanol–water partition coefficient (Wildman–Crippen LogP) is 4.61. The number of rotatable bonds is 3. The Morgan fingerprint density at radius 3 is 2.56 bits per heavy atom. The Kier molecular flexibility index (Phi) is 4.40. The van der Waals surface area contributed by atoms with Gasteiger partial charge in [0.15, 0.2) is 5.69 Å². The van der Waals surface area contributed by atoms with Gasteiger partial charge in [0.2, 0.25) is 14.8 Å². The lowest BCUT2D eigenvalue weighted by Crippen LogP contribution is -2.30. The van der Waals surface area contributed by atoms with Crippen molar-refractivity contribution in [1.29, 1.82) is 0 Å². The van der Waals surface area contributed by atoms with E-state index in [-0.39, 0.29) is 11.4 Å². The number of halogens is 4. The monoisotopic (exact) mass is 401 g/mol. The number of aliphatic hydroxyl groups is 1. The van der Waals surface area contributed by atoms with E-state index in [2.05, 4.69) is 4.85 Å². The van der Waals surface area contributed by atoms with Crippen LogP contribution in [0.4, 0.5) is 23.2 Å². The average molecular weight is 401 g/mol. The minimum Gasteiger partial charge on any atom is -0.458 e. The molecule has 2 aromatic carbocycles. The van der Waals surface area contributed by atoms with E-state index in [9.17, 15) is 31.1 Å².